The van der Waals surface area contributed by atoms with Crippen molar-refractivity contribution in [1.82, 2.24) is 9.80 Å². The van der Waals surface area contributed by atoms with Crippen LogP contribution in [0.1, 0.15) is 28.4 Å². The highest BCUT2D eigenvalue weighted by Gasteiger charge is 2.26. The number of piperazine rings is 1. The average molecular weight is 397 g/mol. The Hall–Kier alpha value is -3.06. The van der Waals surface area contributed by atoms with Crippen molar-refractivity contribution in [3.63, 3.8) is 0 Å². The van der Waals surface area contributed by atoms with Crippen molar-refractivity contribution in [3.8, 4) is 11.5 Å². The van der Waals surface area contributed by atoms with E-state index in [1.807, 2.05) is 30.3 Å². The summed E-state index contributed by atoms with van der Waals surface area (Å²) in [6.07, 6.45) is 0.255. The minimum absolute atomic E-state index is 0.0106. The lowest BCUT2D eigenvalue weighted by molar-refractivity contribution is -0.133. The van der Waals surface area contributed by atoms with Crippen molar-refractivity contribution in [3.05, 3.63) is 59.7 Å². The molecular weight excluding hydrogens is 370 g/mol. The molecule has 0 bridgehead atoms. The molecule has 29 heavy (non-hydrogen) atoms. The number of amides is 2. The number of carbonyl (C=O) groups is 2. The molecule has 7 nitrogen and oxygen atoms in total. The Morgan fingerprint density at radius 3 is 2.03 bits per heavy atom. The van der Waals surface area contributed by atoms with Crippen LogP contribution in [-0.4, -0.2) is 62.0 Å². The molecule has 0 radical (unpaired) electrons. The zero-order chi connectivity index (χ0) is 20.8. The van der Waals surface area contributed by atoms with E-state index in [9.17, 15) is 9.59 Å². The van der Waals surface area contributed by atoms with Gasteiger partial charge in [0.2, 0.25) is 5.91 Å². The first-order valence-electron chi connectivity index (χ1n) is 9.62. The fourth-order valence-electron chi connectivity index (χ4n) is 3.41. The van der Waals surface area contributed by atoms with Crippen LogP contribution in [0.3, 0.4) is 0 Å². The minimum atomic E-state index is -0.326. The molecule has 3 rings (SSSR count). The largest absolute Gasteiger partial charge is 0.497 e. The zero-order valence-electron chi connectivity index (χ0n) is 16.8. The Labute approximate surface area is 171 Å². The number of rotatable bonds is 6. The van der Waals surface area contributed by atoms with Crippen LogP contribution in [0.15, 0.2) is 48.5 Å². The van der Waals surface area contributed by atoms with Crippen LogP contribution in [0.2, 0.25) is 0 Å². The third-order valence-corrected chi connectivity index (χ3v) is 5.14. The lowest BCUT2D eigenvalue weighted by atomic mass is 10.0. The van der Waals surface area contributed by atoms with Crippen molar-refractivity contribution in [2.45, 2.75) is 12.5 Å². The van der Waals surface area contributed by atoms with E-state index in [1.54, 1.807) is 42.2 Å². The molecule has 2 amide bonds. The first-order valence-corrected chi connectivity index (χ1v) is 9.62. The molecule has 1 saturated heterocycles. The molecule has 1 unspecified atom stereocenters. The lowest BCUT2D eigenvalue weighted by Crippen LogP contribution is -2.51. The maximum atomic E-state index is 12.9. The van der Waals surface area contributed by atoms with E-state index in [4.69, 9.17) is 15.2 Å². The molecule has 7 heteroatoms. The average Bonchev–Trinajstić information content (AvgIpc) is 2.78. The summed E-state index contributed by atoms with van der Waals surface area (Å²) >= 11 is 0. The Bertz CT molecular complexity index is 826. The van der Waals surface area contributed by atoms with Gasteiger partial charge >= 0.3 is 0 Å². The highest BCUT2D eigenvalue weighted by Crippen LogP contribution is 2.24. The minimum Gasteiger partial charge on any atom is -0.497 e. The normalized spacial score (nSPS) is 15.0. The standard InChI is InChI=1S/C22H27N3O4/c1-28-18-12-17(13-19(14-18)29-2)22(27)25-10-8-24(9-11-25)21(26)15-20(23)16-6-4-3-5-7-16/h3-7,12-14,20H,8-11,15,23H2,1-2H3. The first-order chi connectivity index (χ1) is 14.0. The summed E-state index contributed by atoms with van der Waals surface area (Å²) in [5.74, 6) is 1.04. The Kier molecular flexibility index (Phi) is 6.72. The summed E-state index contributed by atoms with van der Waals surface area (Å²) in [7, 11) is 3.10. The van der Waals surface area contributed by atoms with Crippen molar-refractivity contribution in [1.29, 1.82) is 0 Å². The van der Waals surface area contributed by atoms with E-state index < -0.39 is 0 Å². The molecule has 154 valence electrons. The van der Waals surface area contributed by atoms with Crippen LogP contribution < -0.4 is 15.2 Å². The van der Waals surface area contributed by atoms with Gasteiger partial charge in [0, 0.05) is 50.3 Å². The topological polar surface area (TPSA) is 85.1 Å². The second kappa shape index (κ2) is 9.43. The second-order valence-corrected chi connectivity index (χ2v) is 7.00. The lowest BCUT2D eigenvalue weighted by Gasteiger charge is -2.35. The Morgan fingerprint density at radius 1 is 0.931 bits per heavy atom. The highest BCUT2D eigenvalue weighted by atomic mass is 16.5. The summed E-state index contributed by atoms with van der Waals surface area (Å²) in [4.78, 5) is 29.0. The monoisotopic (exact) mass is 397 g/mol. The zero-order valence-corrected chi connectivity index (χ0v) is 16.8. The summed E-state index contributed by atoms with van der Waals surface area (Å²) in [5, 5.41) is 0. The quantitative estimate of drug-likeness (QED) is 0.807. The van der Waals surface area contributed by atoms with Gasteiger partial charge in [-0.15, -0.1) is 0 Å². The molecule has 1 atom stereocenters. The van der Waals surface area contributed by atoms with Gasteiger partial charge in [-0.05, 0) is 17.7 Å². The van der Waals surface area contributed by atoms with Crippen LogP contribution in [0.25, 0.3) is 0 Å². The van der Waals surface area contributed by atoms with Crippen LogP contribution in [-0.2, 0) is 4.79 Å². The van der Waals surface area contributed by atoms with Gasteiger partial charge in [0.05, 0.1) is 14.2 Å². The van der Waals surface area contributed by atoms with Crippen molar-refractivity contribution in [2.75, 3.05) is 40.4 Å². The van der Waals surface area contributed by atoms with Crippen LogP contribution in [0.5, 0.6) is 11.5 Å². The third-order valence-electron chi connectivity index (χ3n) is 5.14. The van der Waals surface area contributed by atoms with Crippen molar-refractivity contribution < 1.29 is 19.1 Å². The fourth-order valence-corrected chi connectivity index (χ4v) is 3.41. The van der Waals surface area contributed by atoms with E-state index >= 15 is 0 Å². The van der Waals surface area contributed by atoms with Crippen molar-refractivity contribution >= 4 is 11.8 Å². The van der Waals surface area contributed by atoms with Gasteiger partial charge in [0.15, 0.2) is 0 Å². The fraction of sp³-hybridized carbons (Fsp3) is 0.364. The molecule has 1 aliphatic rings. The van der Waals surface area contributed by atoms with E-state index in [0.29, 0.717) is 43.2 Å². The van der Waals surface area contributed by atoms with Gasteiger partial charge < -0.3 is 25.0 Å². The van der Waals surface area contributed by atoms with Gasteiger partial charge in [-0.25, -0.2) is 0 Å². The number of carbonyl (C=O) groups excluding carboxylic acids is 2. The van der Waals surface area contributed by atoms with Crippen LogP contribution >= 0.6 is 0 Å². The number of nitrogens with zero attached hydrogens (tertiary/aromatic N) is 2. The second-order valence-electron chi connectivity index (χ2n) is 7.00. The molecule has 2 aromatic rings. The summed E-state index contributed by atoms with van der Waals surface area (Å²) < 4.78 is 10.5. The maximum Gasteiger partial charge on any atom is 0.254 e. The SMILES string of the molecule is COc1cc(OC)cc(C(=O)N2CCN(C(=O)CC(N)c3ccccc3)CC2)c1. The molecule has 1 heterocycles. The summed E-state index contributed by atoms with van der Waals surface area (Å²) in [6.45, 7) is 1.94. The first kappa shape index (κ1) is 20.7. The molecule has 0 spiro atoms. The molecular formula is C22H27N3O4. The number of nitrogens with two attached hydrogens (primary N) is 1. The number of ether oxygens (including phenoxy) is 2. The van der Waals surface area contributed by atoms with Crippen LogP contribution in [0, 0.1) is 0 Å². The van der Waals surface area contributed by atoms with Gasteiger partial charge in [-0.2, -0.15) is 0 Å². The molecule has 1 aliphatic heterocycles. The predicted octanol–water partition coefficient (Wildman–Crippen LogP) is 2.08. The Balaban J connectivity index is 1.57. The molecule has 2 aromatic carbocycles. The van der Waals surface area contributed by atoms with Crippen molar-refractivity contribution in [2.24, 2.45) is 5.73 Å². The third kappa shape index (κ3) is 5.06. The Morgan fingerprint density at radius 2 is 1.48 bits per heavy atom. The molecule has 0 aromatic heterocycles. The van der Waals surface area contributed by atoms with E-state index in [0.717, 1.165) is 5.56 Å². The van der Waals surface area contributed by atoms with E-state index in [2.05, 4.69) is 0 Å². The summed E-state index contributed by atoms with van der Waals surface area (Å²) in [5.41, 5.74) is 7.63. The maximum absolute atomic E-state index is 12.9. The highest BCUT2D eigenvalue weighted by molar-refractivity contribution is 5.95. The summed E-state index contributed by atoms with van der Waals surface area (Å²) in [6, 6.07) is 14.4. The smallest absolute Gasteiger partial charge is 0.254 e. The molecule has 1 fully saturated rings. The molecule has 2 N–H and O–H groups in total. The number of methoxy groups -OCH3 is 2. The number of hydrogen-bond acceptors (Lipinski definition) is 5. The van der Waals surface area contributed by atoms with Gasteiger partial charge in [-0.1, -0.05) is 30.3 Å². The van der Waals surface area contributed by atoms with E-state index in [-0.39, 0.29) is 24.3 Å². The van der Waals surface area contributed by atoms with Gasteiger partial charge in [-0.3, -0.25) is 9.59 Å². The number of benzene rings is 2. The van der Waals surface area contributed by atoms with Gasteiger partial charge in [0.25, 0.3) is 5.91 Å². The molecule has 0 saturated carbocycles. The number of hydrogen-bond donors (Lipinski definition) is 1. The van der Waals surface area contributed by atoms with Gasteiger partial charge in [0.1, 0.15) is 11.5 Å². The molecule has 0 aliphatic carbocycles. The predicted molar refractivity (Wildman–Crippen MR) is 110 cm³/mol. The van der Waals surface area contributed by atoms with E-state index in [1.165, 1.54) is 0 Å². The van der Waals surface area contributed by atoms with Crippen LogP contribution in [0.4, 0.5) is 0 Å².